The summed E-state index contributed by atoms with van der Waals surface area (Å²) in [5.74, 6) is 4.24. The van der Waals surface area contributed by atoms with Crippen LogP contribution in [0.2, 0.25) is 0 Å². The standard InChI is InChI=1S/C14H16BrClN2S/c15-10-3-4-12-13(8-10)18(14(17-12)5-6-16)11-2-1-7-19-9-11/h3-4,8,11H,1-2,5-7,9H2. The van der Waals surface area contributed by atoms with E-state index in [1.54, 1.807) is 0 Å². The van der Waals surface area contributed by atoms with Crippen molar-refractivity contribution in [3.8, 4) is 0 Å². The van der Waals surface area contributed by atoms with Gasteiger partial charge in [-0.3, -0.25) is 0 Å². The lowest BCUT2D eigenvalue weighted by Gasteiger charge is -2.25. The monoisotopic (exact) mass is 358 g/mol. The summed E-state index contributed by atoms with van der Waals surface area (Å²) in [6, 6.07) is 6.89. The molecular weight excluding hydrogens is 344 g/mol. The molecule has 1 aliphatic heterocycles. The first kappa shape index (κ1) is 13.8. The smallest absolute Gasteiger partial charge is 0.111 e. The molecule has 0 bridgehead atoms. The lowest BCUT2D eigenvalue weighted by molar-refractivity contribution is 0.495. The van der Waals surface area contributed by atoms with E-state index in [1.807, 2.05) is 11.8 Å². The molecule has 1 aliphatic rings. The maximum Gasteiger partial charge on any atom is 0.111 e. The average Bonchev–Trinajstić information content (AvgIpc) is 2.77. The second-order valence-electron chi connectivity index (χ2n) is 4.84. The zero-order valence-electron chi connectivity index (χ0n) is 10.6. The molecule has 2 heterocycles. The van der Waals surface area contributed by atoms with E-state index >= 15 is 0 Å². The van der Waals surface area contributed by atoms with Crippen LogP contribution < -0.4 is 0 Å². The van der Waals surface area contributed by atoms with Crippen LogP contribution in [0, 0.1) is 0 Å². The van der Waals surface area contributed by atoms with Gasteiger partial charge in [0.15, 0.2) is 0 Å². The average molecular weight is 360 g/mol. The van der Waals surface area contributed by atoms with Crippen LogP contribution >= 0.6 is 39.3 Å². The first-order chi connectivity index (χ1) is 9.29. The van der Waals surface area contributed by atoms with Crippen molar-refractivity contribution in [1.29, 1.82) is 0 Å². The van der Waals surface area contributed by atoms with Crippen molar-refractivity contribution < 1.29 is 0 Å². The molecule has 0 aliphatic carbocycles. The normalized spacial score (nSPS) is 20.0. The zero-order valence-corrected chi connectivity index (χ0v) is 13.8. The summed E-state index contributed by atoms with van der Waals surface area (Å²) in [6.45, 7) is 0. The Morgan fingerprint density at radius 2 is 2.37 bits per heavy atom. The predicted octanol–water partition coefficient (Wildman–Crippen LogP) is 4.65. The Kier molecular flexibility index (Phi) is 4.40. The molecule has 0 amide bonds. The van der Waals surface area contributed by atoms with E-state index < -0.39 is 0 Å². The number of benzene rings is 1. The molecule has 1 fully saturated rings. The summed E-state index contributed by atoms with van der Waals surface area (Å²) in [4.78, 5) is 4.77. The quantitative estimate of drug-likeness (QED) is 0.742. The highest BCUT2D eigenvalue weighted by Gasteiger charge is 2.21. The molecule has 1 aromatic heterocycles. The first-order valence-electron chi connectivity index (χ1n) is 6.59. The molecule has 1 unspecified atom stereocenters. The highest BCUT2D eigenvalue weighted by atomic mass is 79.9. The first-order valence-corrected chi connectivity index (χ1v) is 9.08. The molecule has 102 valence electrons. The highest BCUT2D eigenvalue weighted by Crippen LogP contribution is 2.32. The number of thioether (sulfide) groups is 1. The van der Waals surface area contributed by atoms with E-state index in [9.17, 15) is 0 Å². The molecule has 19 heavy (non-hydrogen) atoms. The van der Waals surface area contributed by atoms with Crippen LogP contribution in [0.4, 0.5) is 0 Å². The lowest BCUT2D eigenvalue weighted by Crippen LogP contribution is -2.18. The molecule has 0 saturated carbocycles. The van der Waals surface area contributed by atoms with Crippen LogP contribution in [0.25, 0.3) is 11.0 Å². The third-order valence-corrected chi connectivity index (χ3v) is 5.42. The summed E-state index contributed by atoms with van der Waals surface area (Å²) in [7, 11) is 0. The summed E-state index contributed by atoms with van der Waals surface area (Å²) >= 11 is 11.6. The zero-order chi connectivity index (χ0) is 13.2. The maximum atomic E-state index is 5.94. The molecule has 2 nitrogen and oxygen atoms in total. The Balaban J connectivity index is 2.11. The SMILES string of the molecule is ClCCc1nc2ccc(Br)cc2n1C1CCCSC1. The molecule has 2 aromatic rings. The Bertz CT molecular complexity index is 578. The van der Waals surface area contributed by atoms with Gasteiger partial charge in [-0.2, -0.15) is 11.8 Å². The van der Waals surface area contributed by atoms with Gasteiger partial charge in [-0.25, -0.2) is 4.98 Å². The van der Waals surface area contributed by atoms with Gasteiger partial charge in [-0.1, -0.05) is 15.9 Å². The molecule has 0 radical (unpaired) electrons. The number of nitrogens with zero attached hydrogens (tertiary/aromatic N) is 2. The summed E-state index contributed by atoms with van der Waals surface area (Å²) in [6.07, 6.45) is 3.39. The lowest BCUT2D eigenvalue weighted by atomic mass is 10.1. The van der Waals surface area contributed by atoms with Crippen molar-refractivity contribution >= 4 is 50.3 Å². The Hall–Kier alpha value is -0.190. The van der Waals surface area contributed by atoms with Crippen LogP contribution in [0.1, 0.15) is 24.7 Å². The van der Waals surface area contributed by atoms with Crippen molar-refractivity contribution in [2.24, 2.45) is 0 Å². The van der Waals surface area contributed by atoms with Crippen molar-refractivity contribution in [2.75, 3.05) is 17.4 Å². The van der Waals surface area contributed by atoms with Gasteiger partial charge in [-0.05, 0) is 36.8 Å². The minimum absolute atomic E-state index is 0.566. The molecule has 1 aromatic carbocycles. The van der Waals surface area contributed by atoms with Gasteiger partial charge in [0.05, 0.1) is 11.0 Å². The second-order valence-corrected chi connectivity index (χ2v) is 7.28. The van der Waals surface area contributed by atoms with Crippen molar-refractivity contribution in [3.63, 3.8) is 0 Å². The number of rotatable bonds is 3. The van der Waals surface area contributed by atoms with Crippen molar-refractivity contribution in [1.82, 2.24) is 9.55 Å². The van der Waals surface area contributed by atoms with Crippen molar-refractivity contribution in [2.45, 2.75) is 25.3 Å². The fourth-order valence-electron chi connectivity index (χ4n) is 2.71. The number of hydrogen-bond donors (Lipinski definition) is 0. The molecule has 3 rings (SSSR count). The number of halogens is 2. The molecule has 5 heteroatoms. The fraction of sp³-hybridized carbons (Fsp3) is 0.500. The second kappa shape index (κ2) is 6.06. The maximum absolute atomic E-state index is 5.94. The molecule has 0 N–H and O–H groups in total. The number of fused-ring (bicyclic) bond motifs is 1. The summed E-state index contributed by atoms with van der Waals surface area (Å²) < 4.78 is 3.54. The number of aryl methyl sites for hydroxylation is 1. The number of imidazole rings is 1. The van der Waals surface area contributed by atoms with Crippen LogP contribution in [0.3, 0.4) is 0 Å². The van der Waals surface area contributed by atoms with E-state index in [4.69, 9.17) is 16.6 Å². The van der Waals surface area contributed by atoms with Gasteiger partial charge in [-0.15, -0.1) is 11.6 Å². The van der Waals surface area contributed by atoms with Gasteiger partial charge in [0, 0.05) is 28.6 Å². The fourth-order valence-corrected chi connectivity index (χ4v) is 4.36. The third-order valence-electron chi connectivity index (χ3n) is 3.54. The highest BCUT2D eigenvalue weighted by molar-refractivity contribution is 9.10. The van der Waals surface area contributed by atoms with E-state index in [1.165, 1.54) is 29.9 Å². The largest absolute Gasteiger partial charge is 0.324 e. The van der Waals surface area contributed by atoms with Crippen molar-refractivity contribution in [3.05, 3.63) is 28.5 Å². The number of alkyl halides is 1. The number of aromatic nitrogens is 2. The van der Waals surface area contributed by atoms with E-state index in [-0.39, 0.29) is 0 Å². The Labute approximate surface area is 131 Å². The minimum Gasteiger partial charge on any atom is -0.324 e. The van der Waals surface area contributed by atoms with Gasteiger partial charge in [0.2, 0.25) is 0 Å². The summed E-state index contributed by atoms with van der Waals surface area (Å²) in [5.41, 5.74) is 2.32. The Morgan fingerprint density at radius 3 is 3.11 bits per heavy atom. The van der Waals surface area contributed by atoms with Gasteiger partial charge in [0.1, 0.15) is 5.82 Å². The number of hydrogen-bond acceptors (Lipinski definition) is 2. The molecule has 0 spiro atoms. The van der Waals surface area contributed by atoms with Gasteiger partial charge >= 0.3 is 0 Å². The van der Waals surface area contributed by atoms with E-state index in [0.717, 1.165) is 22.2 Å². The molecule has 1 atom stereocenters. The third kappa shape index (κ3) is 2.81. The van der Waals surface area contributed by atoms with Crippen LogP contribution in [0.5, 0.6) is 0 Å². The predicted molar refractivity (Wildman–Crippen MR) is 87.5 cm³/mol. The van der Waals surface area contributed by atoms with E-state index in [0.29, 0.717) is 11.9 Å². The minimum atomic E-state index is 0.566. The topological polar surface area (TPSA) is 17.8 Å². The molecule has 1 saturated heterocycles. The molecular formula is C14H16BrClN2S. The Morgan fingerprint density at radius 1 is 1.47 bits per heavy atom. The van der Waals surface area contributed by atoms with Crippen LogP contribution in [-0.4, -0.2) is 26.9 Å². The van der Waals surface area contributed by atoms with Crippen LogP contribution in [0.15, 0.2) is 22.7 Å². The van der Waals surface area contributed by atoms with Gasteiger partial charge in [0.25, 0.3) is 0 Å². The van der Waals surface area contributed by atoms with E-state index in [2.05, 4.69) is 38.7 Å². The van der Waals surface area contributed by atoms with Gasteiger partial charge < -0.3 is 4.57 Å². The summed E-state index contributed by atoms with van der Waals surface area (Å²) in [5, 5.41) is 0. The van der Waals surface area contributed by atoms with Crippen LogP contribution in [-0.2, 0) is 6.42 Å².